The van der Waals surface area contributed by atoms with Gasteiger partial charge in [-0.3, -0.25) is 9.59 Å². The molecule has 4 heteroatoms. The number of aryl methyl sites for hydroxylation is 2. The van der Waals surface area contributed by atoms with Crippen LogP contribution in [0.1, 0.15) is 53.5 Å². The van der Waals surface area contributed by atoms with Crippen LogP contribution in [0.2, 0.25) is 0 Å². The molecule has 0 aromatic heterocycles. The molecule has 0 bridgehead atoms. The van der Waals surface area contributed by atoms with Crippen molar-refractivity contribution in [3.63, 3.8) is 0 Å². The third-order valence-corrected chi connectivity index (χ3v) is 7.05. The zero-order valence-electron chi connectivity index (χ0n) is 20.9. The predicted octanol–water partition coefficient (Wildman–Crippen LogP) is 5.54. The van der Waals surface area contributed by atoms with Gasteiger partial charge in [0.2, 0.25) is 11.8 Å². The molecule has 3 aromatic rings. The van der Waals surface area contributed by atoms with E-state index in [0.29, 0.717) is 13.0 Å². The average Bonchev–Trinajstić information content (AvgIpc) is 3.37. The lowest BCUT2D eigenvalue weighted by atomic mass is 10.00. The molecular weight excluding hydrogens is 432 g/mol. The summed E-state index contributed by atoms with van der Waals surface area (Å²) >= 11 is 0. The highest BCUT2D eigenvalue weighted by atomic mass is 16.2. The maximum Gasteiger partial charge on any atom is 0.243 e. The van der Waals surface area contributed by atoms with E-state index in [1.807, 2.05) is 73.7 Å². The van der Waals surface area contributed by atoms with Gasteiger partial charge in [0.05, 0.1) is 6.42 Å². The summed E-state index contributed by atoms with van der Waals surface area (Å²) in [5, 5.41) is 3.27. The number of nitrogens with zero attached hydrogens (tertiary/aromatic N) is 1. The van der Waals surface area contributed by atoms with Gasteiger partial charge >= 0.3 is 0 Å². The van der Waals surface area contributed by atoms with E-state index in [2.05, 4.69) is 24.4 Å². The molecule has 0 radical (unpaired) electrons. The van der Waals surface area contributed by atoms with Crippen LogP contribution in [-0.2, 0) is 29.0 Å². The second-order valence-electron chi connectivity index (χ2n) is 9.81. The zero-order valence-corrected chi connectivity index (χ0v) is 20.9. The van der Waals surface area contributed by atoms with Crippen LogP contribution in [0.15, 0.2) is 78.9 Å². The molecule has 1 atom stereocenters. The van der Waals surface area contributed by atoms with Gasteiger partial charge in [-0.1, -0.05) is 97.3 Å². The average molecular weight is 469 g/mol. The first-order valence-corrected chi connectivity index (χ1v) is 12.7. The van der Waals surface area contributed by atoms with Gasteiger partial charge in [-0.15, -0.1) is 0 Å². The van der Waals surface area contributed by atoms with E-state index < -0.39 is 6.04 Å². The van der Waals surface area contributed by atoms with E-state index in [1.54, 1.807) is 4.90 Å². The number of amides is 2. The highest BCUT2D eigenvalue weighted by Gasteiger charge is 2.32. The Morgan fingerprint density at radius 3 is 2.20 bits per heavy atom. The Labute approximate surface area is 209 Å². The molecular formula is C31H36N2O2. The van der Waals surface area contributed by atoms with Crippen molar-refractivity contribution in [1.29, 1.82) is 0 Å². The summed E-state index contributed by atoms with van der Waals surface area (Å²) in [4.78, 5) is 29.4. The summed E-state index contributed by atoms with van der Waals surface area (Å²) in [7, 11) is 0. The first-order valence-electron chi connectivity index (χ1n) is 12.7. The molecule has 35 heavy (non-hydrogen) atoms. The minimum absolute atomic E-state index is 0.0281. The number of rotatable bonds is 9. The Bertz CT molecular complexity index is 1120. The molecule has 1 fully saturated rings. The molecule has 4 nitrogen and oxygen atoms in total. The Kier molecular flexibility index (Phi) is 8.36. The van der Waals surface area contributed by atoms with Crippen molar-refractivity contribution in [2.45, 2.75) is 71.0 Å². The number of nitrogens with one attached hydrogen (secondary N) is 1. The van der Waals surface area contributed by atoms with Crippen LogP contribution in [0.4, 0.5) is 0 Å². The summed E-state index contributed by atoms with van der Waals surface area (Å²) in [6.45, 7) is 4.51. The van der Waals surface area contributed by atoms with E-state index in [4.69, 9.17) is 0 Å². The number of carbonyl (C=O) groups excluding carboxylic acids is 2. The lowest BCUT2D eigenvalue weighted by molar-refractivity contribution is -0.141. The lowest BCUT2D eigenvalue weighted by Gasteiger charge is -2.33. The fraction of sp³-hybridized carbons (Fsp3) is 0.355. The minimum atomic E-state index is -0.574. The molecule has 0 heterocycles. The van der Waals surface area contributed by atoms with Crippen LogP contribution in [-0.4, -0.2) is 28.8 Å². The zero-order chi connectivity index (χ0) is 24.6. The van der Waals surface area contributed by atoms with Crippen LogP contribution in [0.3, 0.4) is 0 Å². The van der Waals surface area contributed by atoms with E-state index in [1.165, 1.54) is 0 Å². The van der Waals surface area contributed by atoms with E-state index in [9.17, 15) is 9.59 Å². The Balaban J connectivity index is 1.66. The van der Waals surface area contributed by atoms with Gasteiger partial charge in [-0.25, -0.2) is 0 Å². The summed E-state index contributed by atoms with van der Waals surface area (Å²) in [5.74, 6) is -0.0776. The van der Waals surface area contributed by atoms with Crippen molar-refractivity contribution < 1.29 is 9.59 Å². The second kappa shape index (κ2) is 11.8. The number of hydrogen-bond acceptors (Lipinski definition) is 2. The molecule has 1 unspecified atom stereocenters. The van der Waals surface area contributed by atoms with Crippen molar-refractivity contribution in [3.8, 4) is 0 Å². The molecule has 2 amide bonds. The molecule has 1 saturated carbocycles. The van der Waals surface area contributed by atoms with Gasteiger partial charge in [0, 0.05) is 19.0 Å². The van der Waals surface area contributed by atoms with E-state index >= 15 is 0 Å². The lowest BCUT2D eigenvalue weighted by Crippen LogP contribution is -2.52. The largest absolute Gasteiger partial charge is 0.352 e. The SMILES string of the molecule is Cc1ccc(CC(=O)N(Cc2ccccc2C)C(Cc2ccccc2)C(=O)NC2CCCC2)cc1. The van der Waals surface area contributed by atoms with Crippen molar-refractivity contribution >= 4 is 11.8 Å². The maximum atomic E-state index is 13.8. The molecule has 182 valence electrons. The van der Waals surface area contributed by atoms with Crippen LogP contribution in [0.25, 0.3) is 0 Å². The molecule has 0 spiro atoms. The fourth-order valence-electron chi connectivity index (χ4n) is 4.87. The molecule has 4 rings (SSSR count). The van der Waals surface area contributed by atoms with Crippen molar-refractivity contribution in [1.82, 2.24) is 10.2 Å². The van der Waals surface area contributed by atoms with Crippen molar-refractivity contribution in [2.24, 2.45) is 0 Å². The maximum absolute atomic E-state index is 13.8. The first kappa shape index (κ1) is 24.7. The number of benzene rings is 3. The van der Waals surface area contributed by atoms with Crippen LogP contribution >= 0.6 is 0 Å². The van der Waals surface area contributed by atoms with Gasteiger partial charge in [0.25, 0.3) is 0 Å². The normalized spacial score (nSPS) is 14.5. The smallest absolute Gasteiger partial charge is 0.243 e. The van der Waals surface area contributed by atoms with Gasteiger partial charge in [0.1, 0.15) is 6.04 Å². The Hall–Kier alpha value is -3.40. The topological polar surface area (TPSA) is 49.4 Å². The predicted molar refractivity (Wildman–Crippen MR) is 141 cm³/mol. The van der Waals surface area contributed by atoms with Gasteiger partial charge in [-0.2, -0.15) is 0 Å². The standard InChI is InChI=1S/C31H36N2O2/c1-23-16-18-26(19-17-23)21-30(34)33(22-27-13-7-6-10-24(27)2)29(20-25-11-4-3-5-12-25)31(35)32-28-14-8-9-15-28/h3-7,10-13,16-19,28-29H,8-9,14-15,20-22H2,1-2H3,(H,32,35). The molecule has 1 aliphatic carbocycles. The molecule has 1 aliphatic rings. The second-order valence-corrected chi connectivity index (χ2v) is 9.81. The highest BCUT2D eigenvalue weighted by Crippen LogP contribution is 2.21. The van der Waals surface area contributed by atoms with Gasteiger partial charge < -0.3 is 10.2 Å². The van der Waals surface area contributed by atoms with Crippen molar-refractivity contribution in [3.05, 3.63) is 107 Å². The number of carbonyl (C=O) groups is 2. The monoisotopic (exact) mass is 468 g/mol. The molecule has 3 aromatic carbocycles. The summed E-state index contributed by atoms with van der Waals surface area (Å²) in [6, 6.07) is 25.8. The van der Waals surface area contributed by atoms with Gasteiger partial charge in [0.15, 0.2) is 0 Å². The number of hydrogen-bond donors (Lipinski definition) is 1. The summed E-state index contributed by atoms with van der Waals surface area (Å²) in [6.07, 6.45) is 5.08. The van der Waals surface area contributed by atoms with E-state index in [-0.39, 0.29) is 24.3 Å². The van der Waals surface area contributed by atoms with Crippen molar-refractivity contribution in [2.75, 3.05) is 0 Å². The van der Waals surface area contributed by atoms with Crippen LogP contribution < -0.4 is 5.32 Å². The van der Waals surface area contributed by atoms with E-state index in [0.717, 1.165) is 53.5 Å². The molecule has 0 aliphatic heterocycles. The van der Waals surface area contributed by atoms with Crippen LogP contribution in [0.5, 0.6) is 0 Å². The van der Waals surface area contributed by atoms with Gasteiger partial charge in [-0.05, 0) is 48.9 Å². The Morgan fingerprint density at radius 1 is 0.857 bits per heavy atom. The highest BCUT2D eigenvalue weighted by molar-refractivity contribution is 5.89. The molecule has 0 saturated heterocycles. The minimum Gasteiger partial charge on any atom is -0.352 e. The summed E-state index contributed by atoms with van der Waals surface area (Å²) < 4.78 is 0. The molecule has 1 N–H and O–H groups in total. The quantitative estimate of drug-likeness (QED) is 0.448. The fourth-order valence-corrected chi connectivity index (χ4v) is 4.87. The Morgan fingerprint density at radius 2 is 1.51 bits per heavy atom. The third-order valence-electron chi connectivity index (χ3n) is 7.05. The summed E-state index contributed by atoms with van der Waals surface area (Å²) in [5.41, 5.74) is 5.37. The first-order chi connectivity index (χ1) is 17.0. The van der Waals surface area contributed by atoms with Crippen LogP contribution in [0, 0.1) is 13.8 Å². The third kappa shape index (κ3) is 6.82.